The van der Waals surface area contributed by atoms with E-state index in [0.29, 0.717) is 0 Å². The lowest BCUT2D eigenvalue weighted by atomic mass is 9.87. The van der Waals surface area contributed by atoms with Crippen molar-refractivity contribution in [1.82, 2.24) is 27.4 Å². The summed E-state index contributed by atoms with van der Waals surface area (Å²) in [6.07, 6.45) is 0. The summed E-state index contributed by atoms with van der Waals surface area (Å²) in [4.78, 5) is 0. The quantitative estimate of drug-likeness (QED) is 0.164. The number of rotatable bonds is 6. The van der Waals surface area contributed by atoms with Crippen molar-refractivity contribution < 1.29 is 4.42 Å². The van der Waals surface area contributed by atoms with Crippen molar-refractivity contribution in [1.29, 1.82) is 0 Å². The van der Waals surface area contributed by atoms with Crippen LogP contribution in [0.25, 0.3) is 207 Å². The van der Waals surface area contributed by atoms with Gasteiger partial charge in [0.2, 0.25) is 0 Å². The number of thiophene rings is 1. The number of nitrogens with zero attached hydrogens (tertiary/aromatic N) is 6. The van der Waals surface area contributed by atoms with Crippen LogP contribution in [0.1, 0.15) is 105 Å². The molecule has 132 heavy (non-hydrogen) atoms. The van der Waals surface area contributed by atoms with Gasteiger partial charge in [-0.25, -0.2) is 0 Å². The average Bonchev–Trinajstić information content (AvgIpc) is 1.54. The fraction of sp³-hybridized carbons (Fsp3) is 0.129. The topological polar surface area (TPSA) is 42.7 Å². The van der Waals surface area contributed by atoms with Crippen LogP contribution in [-0.2, 0) is 21.7 Å². The molecule has 8 aromatic heterocycles. The van der Waals surface area contributed by atoms with E-state index in [9.17, 15) is 0 Å². The third-order valence-corrected chi connectivity index (χ3v) is 28.4. The molecule has 0 saturated heterocycles. The highest BCUT2D eigenvalue weighted by Gasteiger charge is 2.27. The van der Waals surface area contributed by atoms with E-state index in [4.69, 9.17) is 4.42 Å². The molecule has 0 aliphatic carbocycles. The second-order valence-corrected chi connectivity index (χ2v) is 40.7. The Morgan fingerprint density at radius 2 is 0.424 bits per heavy atom. The highest BCUT2D eigenvalue weighted by molar-refractivity contribution is 7.25. The Labute approximate surface area is 772 Å². The average molecular weight is 1720 g/mol. The maximum absolute atomic E-state index is 6.17. The lowest BCUT2D eigenvalue weighted by Gasteiger charge is -2.19. The molecule has 8 heteroatoms. The first-order valence-electron chi connectivity index (χ1n) is 46.2. The van der Waals surface area contributed by atoms with Crippen LogP contribution in [0.5, 0.6) is 0 Å². The van der Waals surface area contributed by atoms with E-state index in [2.05, 4.69) is 499 Å². The minimum Gasteiger partial charge on any atom is -0.456 e. The van der Waals surface area contributed by atoms with Gasteiger partial charge in [-0.2, -0.15) is 0 Å². The number of furan rings is 1. The summed E-state index contributed by atoms with van der Waals surface area (Å²) in [5.74, 6) is 0. The largest absolute Gasteiger partial charge is 0.456 e. The molecule has 26 aromatic rings. The van der Waals surface area contributed by atoms with Gasteiger partial charge in [0.05, 0.1) is 66.2 Å². The minimum absolute atomic E-state index is 0.117. The van der Waals surface area contributed by atoms with Gasteiger partial charge < -0.3 is 31.8 Å². The van der Waals surface area contributed by atoms with Crippen LogP contribution in [0.15, 0.2) is 405 Å². The van der Waals surface area contributed by atoms with Crippen molar-refractivity contribution in [3.63, 3.8) is 0 Å². The number of para-hydroxylation sites is 9. The molecule has 0 amide bonds. The van der Waals surface area contributed by atoms with E-state index < -0.39 is 0 Å². The molecule has 18 aromatic carbocycles. The standard InChI is InChI=1S/2C34H28N2.C28H23NO.C28H23NS/c1-34(2,3)23-17-19-25(20-18-23)36-31-16-10-8-14-27(31)29-21-32-28(22-33(29)36)26-13-7-9-15-30(26)35(32)24-11-5-4-6-12-24;1-34(2,3)23-17-19-25(20-18-23)36-31-16-10-8-14-27(31)29-22-21-28-26-13-7-9-15-30(26)35(32(28)33(29)36)24-11-5-4-6-12-24;2*1-28(2,3)18-12-14-19(15-13-18)29-24-10-6-4-8-20(24)22-17-27-23(16-25(22)29)21-9-5-7-11-26(21)30-27/h2*4-22H,1-3H3;2*4-17H,1-3H3. The van der Waals surface area contributed by atoms with Gasteiger partial charge in [0.25, 0.3) is 0 Å². The molecular weight excluding hydrogens is 1620 g/mol. The van der Waals surface area contributed by atoms with Crippen molar-refractivity contribution >= 4 is 184 Å². The molecule has 26 rings (SSSR count). The van der Waals surface area contributed by atoms with Gasteiger partial charge in [-0.1, -0.05) is 326 Å². The first-order chi connectivity index (χ1) is 64.0. The molecule has 0 saturated carbocycles. The molecule has 8 heterocycles. The Kier molecular flexibility index (Phi) is 19.3. The second-order valence-electron chi connectivity index (χ2n) is 39.6. The van der Waals surface area contributed by atoms with Crippen LogP contribution in [0, 0.1) is 0 Å². The van der Waals surface area contributed by atoms with Crippen LogP contribution >= 0.6 is 11.3 Å². The predicted molar refractivity (Wildman–Crippen MR) is 567 cm³/mol. The van der Waals surface area contributed by atoms with Crippen molar-refractivity contribution in [3.8, 4) is 34.1 Å². The van der Waals surface area contributed by atoms with Gasteiger partial charge >= 0.3 is 0 Å². The molecule has 7 nitrogen and oxygen atoms in total. The monoisotopic (exact) mass is 1720 g/mol. The molecule has 0 N–H and O–H groups in total. The van der Waals surface area contributed by atoms with Crippen LogP contribution in [0.3, 0.4) is 0 Å². The lowest BCUT2D eigenvalue weighted by Crippen LogP contribution is -2.10. The van der Waals surface area contributed by atoms with E-state index >= 15 is 0 Å². The van der Waals surface area contributed by atoms with Gasteiger partial charge in [-0.3, -0.25) is 0 Å². The normalized spacial score (nSPS) is 12.4. The van der Waals surface area contributed by atoms with E-state index in [1.54, 1.807) is 0 Å². The Hall–Kier alpha value is -15.2. The molecular formula is C124H102N6OS. The van der Waals surface area contributed by atoms with Crippen molar-refractivity contribution in [3.05, 3.63) is 423 Å². The molecule has 0 spiro atoms. The summed E-state index contributed by atoms with van der Waals surface area (Å²) in [6.45, 7) is 27.2. The summed E-state index contributed by atoms with van der Waals surface area (Å²) >= 11 is 1.89. The first-order valence-corrected chi connectivity index (χ1v) is 47.0. The maximum atomic E-state index is 6.17. The molecule has 640 valence electrons. The smallest absolute Gasteiger partial charge is 0.136 e. The van der Waals surface area contributed by atoms with Crippen molar-refractivity contribution in [2.45, 2.75) is 105 Å². The number of aromatic nitrogens is 6. The second kappa shape index (κ2) is 31.3. The molecule has 0 aliphatic rings. The predicted octanol–water partition coefficient (Wildman–Crippen LogP) is 34.8. The van der Waals surface area contributed by atoms with E-state index in [1.807, 2.05) is 23.5 Å². The van der Waals surface area contributed by atoms with Gasteiger partial charge in [0.15, 0.2) is 0 Å². The van der Waals surface area contributed by atoms with Crippen LogP contribution in [-0.4, -0.2) is 27.4 Å². The minimum atomic E-state index is 0.117. The summed E-state index contributed by atoms with van der Waals surface area (Å²) < 4.78 is 23.4. The molecule has 0 atom stereocenters. The lowest BCUT2D eigenvalue weighted by molar-refractivity contribution is 0.590. The Morgan fingerprint density at radius 3 is 0.788 bits per heavy atom. The molecule has 0 fully saturated rings. The SMILES string of the molecule is CC(C)(C)c1ccc(-n2c3ccccc3c3cc4c(cc32)c2ccccc2n4-c2ccccc2)cc1.CC(C)(C)c1ccc(-n2c3ccccc3c3cc4oc5ccccc5c4cc32)cc1.CC(C)(C)c1ccc(-n2c3ccccc3c3cc4sc5ccccc5c4cc32)cc1.CC(C)(C)c1ccc(-n2c3ccccc3c3ccc4c5ccccc5n(-c5ccccc5)c4c32)cc1. The summed E-state index contributed by atoms with van der Waals surface area (Å²) in [6, 6.07) is 146. The highest BCUT2D eigenvalue weighted by Crippen LogP contribution is 2.47. The third-order valence-electron chi connectivity index (χ3n) is 27.3. The third kappa shape index (κ3) is 13.7. The maximum Gasteiger partial charge on any atom is 0.136 e. The summed E-state index contributed by atoms with van der Waals surface area (Å²) in [5.41, 5.74) is 29.8. The fourth-order valence-corrected chi connectivity index (χ4v) is 21.7. The van der Waals surface area contributed by atoms with Gasteiger partial charge in [-0.05, 0) is 202 Å². The molecule has 0 aliphatic heterocycles. The zero-order valence-electron chi connectivity index (χ0n) is 76.6. The van der Waals surface area contributed by atoms with Gasteiger partial charge in [0, 0.05) is 130 Å². The number of hydrogen-bond donors (Lipinski definition) is 0. The highest BCUT2D eigenvalue weighted by atomic mass is 32.1. The van der Waals surface area contributed by atoms with Gasteiger partial charge in [0.1, 0.15) is 11.2 Å². The van der Waals surface area contributed by atoms with E-state index in [1.165, 1.54) is 207 Å². The zero-order valence-corrected chi connectivity index (χ0v) is 77.4. The van der Waals surface area contributed by atoms with E-state index in [-0.39, 0.29) is 21.7 Å². The van der Waals surface area contributed by atoms with Crippen LogP contribution < -0.4 is 0 Å². The van der Waals surface area contributed by atoms with Crippen LogP contribution in [0.4, 0.5) is 0 Å². The summed E-state index contributed by atoms with van der Waals surface area (Å²) in [7, 11) is 0. The molecule has 0 bridgehead atoms. The van der Waals surface area contributed by atoms with Crippen molar-refractivity contribution in [2.75, 3.05) is 0 Å². The zero-order chi connectivity index (χ0) is 89.8. The Morgan fingerprint density at radius 1 is 0.167 bits per heavy atom. The molecule has 0 unspecified atom stereocenters. The Balaban J connectivity index is 0.000000100. The van der Waals surface area contributed by atoms with Gasteiger partial charge in [-0.15, -0.1) is 11.3 Å². The Bertz CT molecular complexity index is 8740. The summed E-state index contributed by atoms with van der Waals surface area (Å²) in [5, 5.41) is 20.3. The first kappa shape index (κ1) is 81.3. The van der Waals surface area contributed by atoms with Crippen molar-refractivity contribution in [2.24, 2.45) is 0 Å². The molecule has 0 radical (unpaired) electrons. The number of benzene rings is 18. The fourth-order valence-electron chi connectivity index (χ4n) is 20.6. The number of fused-ring (bicyclic) bond motifs is 25. The van der Waals surface area contributed by atoms with E-state index in [0.717, 1.165) is 21.9 Å². The van der Waals surface area contributed by atoms with Crippen LogP contribution in [0.2, 0.25) is 0 Å². The number of hydrogen-bond acceptors (Lipinski definition) is 2.